The van der Waals surface area contributed by atoms with Crippen molar-refractivity contribution in [1.29, 1.82) is 0 Å². The molecule has 0 aromatic rings. The van der Waals surface area contributed by atoms with Crippen LogP contribution in [-0.2, 0) is 23.2 Å². The van der Waals surface area contributed by atoms with Crippen molar-refractivity contribution in [3.63, 3.8) is 0 Å². The molecule has 0 amide bonds. The Hall–Kier alpha value is 0.423. The van der Waals surface area contributed by atoms with Gasteiger partial charge in [-0.3, -0.25) is 0 Å². The van der Waals surface area contributed by atoms with Gasteiger partial charge < -0.3 is 24.8 Å². The van der Waals surface area contributed by atoms with Gasteiger partial charge in [-0.2, -0.15) is 0 Å². The van der Waals surface area contributed by atoms with Crippen molar-refractivity contribution in [2.75, 3.05) is 0 Å². The Balaban J connectivity index is 0.00000220. The van der Waals surface area contributed by atoms with Crippen LogP contribution in [-0.4, -0.2) is 0 Å². The topological polar surface area (TPSA) is 0 Å². The summed E-state index contributed by atoms with van der Waals surface area (Å²) in [6, 6.07) is 0. The molecule has 0 radical (unpaired) electrons. The second kappa shape index (κ2) is 9.05. The molecule has 2 rings (SSSR count). The molecule has 0 aromatic carbocycles. The summed E-state index contributed by atoms with van der Waals surface area (Å²) < 4.78 is 3.69. The summed E-state index contributed by atoms with van der Waals surface area (Å²) in [5.41, 5.74) is 9.92. The molecule has 0 saturated heterocycles. The average Bonchev–Trinajstić information content (AvgIpc) is 2.79. The molecule has 0 saturated carbocycles. The van der Waals surface area contributed by atoms with E-state index in [0.717, 1.165) is 5.92 Å². The maximum Gasteiger partial charge on any atom is -1.00 e. The largest absolute Gasteiger partial charge is 1.00 e. The minimum absolute atomic E-state index is 0. The van der Waals surface area contributed by atoms with Gasteiger partial charge in [0.1, 0.15) is 0 Å². The van der Waals surface area contributed by atoms with Crippen LogP contribution in [0.15, 0.2) is 40.0 Å². The third-order valence-electron chi connectivity index (χ3n) is 5.23. The van der Waals surface area contributed by atoms with Gasteiger partial charge in [0, 0.05) is 0 Å². The molecule has 0 N–H and O–H groups in total. The van der Waals surface area contributed by atoms with Crippen LogP contribution < -0.4 is 24.8 Å². The van der Waals surface area contributed by atoms with E-state index in [9.17, 15) is 0 Å². The zero-order valence-electron chi connectivity index (χ0n) is 15.0. The Bertz CT molecular complexity index is 562. The molecular weight excluding hydrogens is 390 g/mol. The summed E-state index contributed by atoms with van der Waals surface area (Å²) in [6.07, 6.45) is 3.75. The van der Waals surface area contributed by atoms with E-state index in [1.165, 1.54) is 19.3 Å². The Morgan fingerprint density at radius 2 is 1.50 bits per heavy atom. The zero-order chi connectivity index (χ0) is 15.0. The molecule has 0 heterocycles. The predicted molar refractivity (Wildman–Crippen MR) is 85.2 cm³/mol. The standard InChI is InChI=1S/C11H17.C8H11.2ClH.Zr/c1-5-10-7-11(6-2)9(4)8(10)3;1-6-4-7(2)8(3)5-6;;;/h10H,5-6H2,1-4H3;4H2,1-3H3;2*1H;/q;;;;+2/p-2. The zero-order valence-corrected chi connectivity index (χ0v) is 18.9. The Morgan fingerprint density at radius 3 is 1.91 bits per heavy atom. The van der Waals surface area contributed by atoms with Crippen LogP contribution in [0.4, 0.5) is 0 Å². The molecule has 0 aromatic heterocycles. The molecular formula is C19H28Cl2Zr. The van der Waals surface area contributed by atoms with Crippen molar-refractivity contribution in [2.24, 2.45) is 5.92 Å². The molecule has 22 heavy (non-hydrogen) atoms. The summed E-state index contributed by atoms with van der Waals surface area (Å²) in [7, 11) is 0. The Labute approximate surface area is 161 Å². The van der Waals surface area contributed by atoms with E-state index in [4.69, 9.17) is 0 Å². The van der Waals surface area contributed by atoms with Crippen LogP contribution in [0.3, 0.4) is 0 Å². The summed E-state index contributed by atoms with van der Waals surface area (Å²) in [5, 5.41) is 0. The van der Waals surface area contributed by atoms with E-state index in [2.05, 4.69) is 48.5 Å². The Kier molecular flexibility index (Phi) is 9.22. The van der Waals surface area contributed by atoms with Gasteiger partial charge in [-0.1, -0.05) is 0 Å². The second-order valence-electron chi connectivity index (χ2n) is 6.38. The van der Waals surface area contributed by atoms with Gasteiger partial charge in [0.05, 0.1) is 0 Å². The van der Waals surface area contributed by atoms with E-state index in [1.54, 1.807) is 36.7 Å². The fourth-order valence-electron chi connectivity index (χ4n) is 3.74. The van der Waals surface area contributed by atoms with Crippen molar-refractivity contribution in [1.82, 2.24) is 0 Å². The summed E-state index contributed by atoms with van der Waals surface area (Å²) in [5.74, 6) is 0.769. The predicted octanol–water partition coefficient (Wildman–Crippen LogP) is 0.131. The van der Waals surface area contributed by atoms with Crippen molar-refractivity contribution in [3.05, 3.63) is 40.0 Å². The number of hydrogen-bond acceptors (Lipinski definition) is 0. The number of rotatable bonds is 4. The monoisotopic (exact) mass is 416 g/mol. The molecule has 0 spiro atoms. The molecule has 2 aliphatic rings. The van der Waals surface area contributed by atoms with E-state index in [-0.39, 0.29) is 24.8 Å². The van der Waals surface area contributed by atoms with E-state index < -0.39 is 23.2 Å². The van der Waals surface area contributed by atoms with Crippen LogP contribution in [0.1, 0.15) is 67.7 Å². The molecule has 0 fully saturated rings. The van der Waals surface area contributed by atoms with Gasteiger partial charge in [-0.25, -0.2) is 0 Å². The van der Waals surface area contributed by atoms with Gasteiger partial charge >= 0.3 is 137 Å². The molecule has 0 bridgehead atoms. The minimum atomic E-state index is -0.612. The van der Waals surface area contributed by atoms with Crippen molar-refractivity contribution in [2.45, 2.75) is 67.7 Å². The van der Waals surface area contributed by atoms with Gasteiger partial charge in [0.25, 0.3) is 0 Å². The molecule has 2 aliphatic carbocycles. The van der Waals surface area contributed by atoms with Crippen LogP contribution in [0.5, 0.6) is 0 Å². The average molecular weight is 419 g/mol. The fourth-order valence-corrected chi connectivity index (χ4v) is 8.86. The maximum absolute atomic E-state index is 2.37. The molecule has 1 unspecified atom stereocenters. The van der Waals surface area contributed by atoms with Crippen molar-refractivity contribution >= 4 is 0 Å². The maximum atomic E-state index is 2.37. The quantitative estimate of drug-likeness (QED) is 0.609. The number of allylic oxidation sites excluding steroid dienone is 8. The molecule has 1 atom stereocenters. The third-order valence-corrected chi connectivity index (χ3v) is 10.1. The minimum Gasteiger partial charge on any atom is -1.00 e. The normalized spacial score (nSPS) is 21.3. The smallest absolute Gasteiger partial charge is 1.00 e. The van der Waals surface area contributed by atoms with E-state index in [0.29, 0.717) is 0 Å². The Morgan fingerprint density at radius 1 is 0.909 bits per heavy atom. The first kappa shape index (κ1) is 22.4. The van der Waals surface area contributed by atoms with Crippen LogP contribution in [0.25, 0.3) is 0 Å². The number of hydrogen-bond donors (Lipinski definition) is 0. The third kappa shape index (κ3) is 3.90. The molecule has 3 heteroatoms. The van der Waals surface area contributed by atoms with E-state index >= 15 is 0 Å². The molecule has 0 aliphatic heterocycles. The summed E-state index contributed by atoms with van der Waals surface area (Å²) >= 11 is -0.612. The van der Waals surface area contributed by atoms with Crippen LogP contribution in [0.2, 0.25) is 0 Å². The van der Waals surface area contributed by atoms with Gasteiger partial charge in [0.15, 0.2) is 0 Å². The summed E-state index contributed by atoms with van der Waals surface area (Å²) in [6.45, 7) is 16.5. The SMILES string of the molecule is CCC1=[C]([Zr+2][C]2=C(C)CC(C)=C2C)C(CC)C(C)=C1C.[Cl-].[Cl-]. The van der Waals surface area contributed by atoms with E-state index in [1.807, 2.05) is 3.28 Å². The second-order valence-corrected chi connectivity index (χ2v) is 9.54. The van der Waals surface area contributed by atoms with Crippen LogP contribution >= 0.6 is 0 Å². The molecule has 122 valence electrons. The first-order valence-corrected chi connectivity index (χ1v) is 10.4. The first-order valence-electron chi connectivity index (χ1n) is 7.96. The van der Waals surface area contributed by atoms with Gasteiger partial charge in [-0.05, 0) is 0 Å². The fraction of sp³-hybridized carbons (Fsp3) is 0.579. The number of halogens is 2. The van der Waals surface area contributed by atoms with Gasteiger partial charge in [-0.15, -0.1) is 0 Å². The first-order chi connectivity index (χ1) is 9.42. The molecule has 0 nitrogen and oxygen atoms in total. The van der Waals surface area contributed by atoms with Crippen LogP contribution in [0, 0.1) is 5.92 Å². The summed E-state index contributed by atoms with van der Waals surface area (Å²) in [4.78, 5) is 0. The van der Waals surface area contributed by atoms with Crippen molar-refractivity contribution in [3.8, 4) is 0 Å². The van der Waals surface area contributed by atoms with Gasteiger partial charge in [0.2, 0.25) is 0 Å². The van der Waals surface area contributed by atoms with Crippen molar-refractivity contribution < 1.29 is 48.0 Å².